The minimum Gasteiger partial charge on any atom is -0.368 e. The van der Waals surface area contributed by atoms with E-state index in [1.807, 2.05) is 0 Å². The summed E-state index contributed by atoms with van der Waals surface area (Å²) in [6, 6.07) is 0. The van der Waals surface area contributed by atoms with Gasteiger partial charge in [-0.25, -0.2) is 0 Å². The van der Waals surface area contributed by atoms with Gasteiger partial charge in [-0.3, -0.25) is 9.09 Å². The molecule has 0 rings (SSSR count). The van der Waals surface area contributed by atoms with Crippen molar-refractivity contribution < 1.29 is 19.1 Å². The van der Waals surface area contributed by atoms with Crippen LogP contribution in [-0.4, -0.2) is 28.2 Å². The summed E-state index contributed by atoms with van der Waals surface area (Å²) in [5.41, 5.74) is 0. The van der Waals surface area contributed by atoms with E-state index in [1.165, 1.54) is 6.92 Å². The van der Waals surface area contributed by atoms with E-state index in [0.29, 0.717) is 12.2 Å². The number of hydrogen-bond acceptors (Lipinski definition) is 4. The Morgan fingerprint density at radius 1 is 1.58 bits per heavy atom. The Morgan fingerprint density at radius 2 is 2.17 bits per heavy atom. The van der Waals surface area contributed by atoms with Crippen LogP contribution in [0.2, 0.25) is 0 Å². The molecule has 0 aromatic carbocycles. The molecule has 0 radical (unpaired) electrons. The summed E-state index contributed by atoms with van der Waals surface area (Å²) in [7, 11) is -3.56. The van der Waals surface area contributed by atoms with Crippen LogP contribution in [0.5, 0.6) is 0 Å². The van der Waals surface area contributed by atoms with Crippen LogP contribution < -0.4 is 0 Å². The van der Waals surface area contributed by atoms with Crippen molar-refractivity contribution >= 4 is 20.2 Å². The van der Waals surface area contributed by atoms with Crippen LogP contribution in [0.4, 0.5) is 0 Å². The van der Waals surface area contributed by atoms with Gasteiger partial charge < -0.3 is 10.00 Å². The molecule has 0 spiro atoms. The Balaban J connectivity index is 3.64. The summed E-state index contributed by atoms with van der Waals surface area (Å²) in [6.07, 6.45) is 0.260. The monoisotopic (exact) mass is 214 g/mol. The lowest BCUT2D eigenvalue weighted by atomic mass is 10.4. The van der Waals surface area contributed by atoms with Gasteiger partial charge in [-0.1, -0.05) is 0 Å². The highest BCUT2D eigenvalue weighted by atomic mass is 32.1. The third-order valence-corrected chi connectivity index (χ3v) is 3.00. The van der Waals surface area contributed by atoms with Crippen molar-refractivity contribution in [1.29, 1.82) is 0 Å². The minimum atomic E-state index is -3.56. The van der Waals surface area contributed by atoms with Gasteiger partial charge in [0.15, 0.2) is 6.29 Å². The SMILES string of the molecule is CC(O)OP(=O)(O)CCCCS. The second kappa shape index (κ2) is 6.00. The molecule has 2 unspecified atom stereocenters. The number of unbranched alkanes of at least 4 members (excludes halogenated alkanes) is 1. The largest absolute Gasteiger partial charge is 0.368 e. The highest BCUT2D eigenvalue weighted by molar-refractivity contribution is 7.80. The third kappa shape index (κ3) is 7.13. The lowest BCUT2D eigenvalue weighted by Crippen LogP contribution is -2.06. The highest BCUT2D eigenvalue weighted by Gasteiger charge is 2.20. The summed E-state index contributed by atoms with van der Waals surface area (Å²) < 4.78 is 15.5. The predicted octanol–water partition coefficient (Wildman–Crippen LogP) is 1.24. The number of thiol groups is 1. The zero-order valence-corrected chi connectivity index (χ0v) is 8.80. The normalized spacial score (nSPS) is 18.7. The van der Waals surface area contributed by atoms with E-state index in [-0.39, 0.29) is 6.16 Å². The topological polar surface area (TPSA) is 66.8 Å². The molecule has 0 bridgehead atoms. The second-order valence-corrected chi connectivity index (χ2v) is 4.88. The lowest BCUT2D eigenvalue weighted by molar-refractivity contribution is -0.00774. The fraction of sp³-hybridized carbons (Fsp3) is 1.00. The molecule has 12 heavy (non-hydrogen) atoms. The zero-order valence-electron chi connectivity index (χ0n) is 7.01. The molecule has 0 saturated heterocycles. The van der Waals surface area contributed by atoms with Gasteiger partial charge in [0.05, 0.1) is 6.16 Å². The van der Waals surface area contributed by atoms with E-state index >= 15 is 0 Å². The van der Waals surface area contributed by atoms with Crippen molar-refractivity contribution in [2.75, 3.05) is 11.9 Å². The van der Waals surface area contributed by atoms with E-state index < -0.39 is 13.9 Å². The summed E-state index contributed by atoms with van der Waals surface area (Å²) in [4.78, 5) is 9.06. The zero-order chi connectivity index (χ0) is 9.61. The van der Waals surface area contributed by atoms with Crippen LogP contribution in [0.3, 0.4) is 0 Å². The van der Waals surface area contributed by atoms with Crippen molar-refractivity contribution in [3.63, 3.8) is 0 Å². The number of aliphatic hydroxyl groups is 1. The number of hydrogen-bond donors (Lipinski definition) is 3. The Morgan fingerprint density at radius 3 is 2.58 bits per heavy atom. The molecule has 2 atom stereocenters. The number of rotatable bonds is 6. The smallest absolute Gasteiger partial charge is 0.330 e. The summed E-state index contributed by atoms with van der Waals surface area (Å²) >= 11 is 3.96. The second-order valence-electron chi connectivity index (χ2n) is 2.50. The van der Waals surface area contributed by atoms with Crippen LogP contribution >= 0.6 is 20.2 Å². The fourth-order valence-electron chi connectivity index (χ4n) is 0.714. The molecule has 0 aliphatic rings. The van der Waals surface area contributed by atoms with Gasteiger partial charge in [0, 0.05) is 0 Å². The van der Waals surface area contributed by atoms with Gasteiger partial charge in [-0.2, -0.15) is 12.6 Å². The third-order valence-electron chi connectivity index (χ3n) is 1.17. The van der Waals surface area contributed by atoms with Gasteiger partial charge in [0.1, 0.15) is 0 Å². The van der Waals surface area contributed by atoms with Crippen LogP contribution in [-0.2, 0) is 9.09 Å². The molecule has 0 fully saturated rings. The van der Waals surface area contributed by atoms with Gasteiger partial charge in [0.2, 0.25) is 0 Å². The van der Waals surface area contributed by atoms with Gasteiger partial charge in [-0.15, -0.1) is 0 Å². The average Bonchev–Trinajstić information content (AvgIpc) is 1.84. The first-order valence-corrected chi connectivity index (χ1v) is 6.16. The molecule has 0 heterocycles. The molecule has 74 valence electrons. The first-order chi connectivity index (χ1) is 5.48. The van der Waals surface area contributed by atoms with E-state index in [1.54, 1.807) is 0 Å². The summed E-state index contributed by atoms with van der Waals surface area (Å²) in [5, 5.41) is 8.67. The first-order valence-electron chi connectivity index (χ1n) is 3.77. The van der Waals surface area contributed by atoms with Gasteiger partial charge in [0.25, 0.3) is 0 Å². The van der Waals surface area contributed by atoms with Gasteiger partial charge >= 0.3 is 7.60 Å². The van der Waals surface area contributed by atoms with Crippen LogP contribution in [0, 0.1) is 0 Å². The molecular weight excluding hydrogens is 199 g/mol. The molecule has 6 heteroatoms. The fourth-order valence-corrected chi connectivity index (χ4v) is 2.14. The quantitative estimate of drug-likeness (QED) is 0.269. The predicted molar refractivity (Wildman–Crippen MR) is 50.5 cm³/mol. The average molecular weight is 214 g/mol. The van der Waals surface area contributed by atoms with E-state index in [9.17, 15) is 4.57 Å². The van der Waals surface area contributed by atoms with Crippen LogP contribution in [0.25, 0.3) is 0 Å². The van der Waals surface area contributed by atoms with E-state index in [4.69, 9.17) is 10.00 Å². The highest BCUT2D eigenvalue weighted by Crippen LogP contribution is 2.43. The first kappa shape index (κ1) is 12.5. The molecule has 0 aromatic heterocycles. The molecule has 0 aliphatic heterocycles. The summed E-state index contributed by atoms with van der Waals surface area (Å²) in [5.74, 6) is 0.689. The molecule has 2 N–H and O–H groups in total. The lowest BCUT2D eigenvalue weighted by Gasteiger charge is -2.13. The molecule has 0 amide bonds. The molecule has 0 aromatic rings. The van der Waals surface area contributed by atoms with Gasteiger partial charge in [-0.05, 0) is 25.5 Å². The molecule has 0 saturated carbocycles. The Labute approximate surface area is 77.9 Å². The Hall–Kier alpha value is 0.460. The number of aliphatic hydroxyl groups excluding tert-OH is 1. The Bertz CT molecular complexity index is 162. The Kier molecular flexibility index (Phi) is 6.23. The van der Waals surface area contributed by atoms with E-state index in [2.05, 4.69) is 17.2 Å². The van der Waals surface area contributed by atoms with E-state index in [0.717, 1.165) is 6.42 Å². The standard InChI is InChI=1S/C6H15O4PS/c1-6(7)10-11(8,9)4-2-3-5-12/h6-7,12H,2-5H2,1H3,(H,8,9). The van der Waals surface area contributed by atoms with Crippen molar-refractivity contribution in [1.82, 2.24) is 0 Å². The maximum Gasteiger partial charge on any atom is 0.330 e. The van der Waals surface area contributed by atoms with Crippen molar-refractivity contribution in [2.24, 2.45) is 0 Å². The minimum absolute atomic E-state index is 0.0818. The molecule has 4 nitrogen and oxygen atoms in total. The van der Waals surface area contributed by atoms with Crippen molar-refractivity contribution in [2.45, 2.75) is 26.1 Å². The molecular formula is C6H15O4PS. The van der Waals surface area contributed by atoms with Crippen LogP contribution in [0.1, 0.15) is 19.8 Å². The summed E-state index contributed by atoms with van der Waals surface area (Å²) in [6.45, 7) is 1.31. The molecule has 0 aliphatic carbocycles. The van der Waals surface area contributed by atoms with Crippen molar-refractivity contribution in [3.05, 3.63) is 0 Å². The maximum absolute atomic E-state index is 11.0. The van der Waals surface area contributed by atoms with Crippen LogP contribution in [0.15, 0.2) is 0 Å². The maximum atomic E-state index is 11.0. The van der Waals surface area contributed by atoms with Crippen molar-refractivity contribution in [3.8, 4) is 0 Å².